The second kappa shape index (κ2) is 5.50. The van der Waals surface area contributed by atoms with E-state index in [-0.39, 0.29) is 17.9 Å². The third-order valence-electron chi connectivity index (χ3n) is 3.48. The Balaban J connectivity index is 1.74. The zero-order valence-corrected chi connectivity index (χ0v) is 11.1. The molecule has 1 aromatic carbocycles. The van der Waals surface area contributed by atoms with E-state index < -0.39 is 0 Å². The lowest BCUT2D eigenvalue weighted by Crippen LogP contribution is -2.35. The van der Waals surface area contributed by atoms with E-state index in [2.05, 4.69) is 16.0 Å². The summed E-state index contributed by atoms with van der Waals surface area (Å²) >= 11 is 0. The average molecular weight is 275 g/mol. The number of carbonyl (C=O) groups is 2. The van der Waals surface area contributed by atoms with E-state index in [1.165, 1.54) is 0 Å². The molecule has 6 heteroatoms. The van der Waals surface area contributed by atoms with Crippen LogP contribution >= 0.6 is 0 Å². The first-order valence-corrected chi connectivity index (χ1v) is 6.83. The predicted molar refractivity (Wildman–Crippen MR) is 74.8 cm³/mol. The van der Waals surface area contributed by atoms with E-state index in [9.17, 15) is 9.59 Å². The molecule has 1 saturated heterocycles. The predicted octanol–water partition coefficient (Wildman–Crippen LogP) is 1.10. The van der Waals surface area contributed by atoms with Crippen molar-refractivity contribution < 1.29 is 14.3 Å². The van der Waals surface area contributed by atoms with Crippen molar-refractivity contribution >= 4 is 23.2 Å². The first-order chi connectivity index (χ1) is 9.72. The highest BCUT2D eigenvalue weighted by Crippen LogP contribution is 2.30. The molecule has 1 fully saturated rings. The van der Waals surface area contributed by atoms with E-state index in [1.54, 1.807) is 18.2 Å². The molecule has 20 heavy (non-hydrogen) atoms. The number of amides is 2. The molecular weight excluding hydrogens is 258 g/mol. The Hall–Kier alpha value is -2.08. The Labute approximate surface area is 116 Å². The number of fused-ring (bicyclic) bond motifs is 1. The molecule has 6 nitrogen and oxygen atoms in total. The first-order valence-electron chi connectivity index (χ1n) is 6.83. The van der Waals surface area contributed by atoms with Crippen molar-refractivity contribution in [3.8, 4) is 5.75 Å². The number of carbonyl (C=O) groups excluding carboxylic acids is 2. The number of rotatable bonds is 2. The monoisotopic (exact) mass is 275 g/mol. The minimum atomic E-state index is -0.125. The third-order valence-corrected chi connectivity index (χ3v) is 3.48. The molecule has 0 aliphatic carbocycles. The smallest absolute Gasteiger partial charge is 0.241 e. The van der Waals surface area contributed by atoms with Crippen LogP contribution in [-0.2, 0) is 9.59 Å². The summed E-state index contributed by atoms with van der Waals surface area (Å²) in [5, 5.41) is 8.79. The lowest BCUT2D eigenvalue weighted by molar-refractivity contribution is -0.118. The summed E-state index contributed by atoms with van der Waals surface area (Å²) in [4.78, 5) is 23.5. The minimum Gasteiger partial charge on any atom is -0.491 e. The molecule has 1 aromatic rings. The second-order valence-electron chi connectivity index (χ2n) is 5.00. The molecule has 0 saturated carbocycles. The third kappa shape index (κ3) is 2.75. The molecule has 3 rings (SSSR count). The highest BCUT2D eigenvalue weighted by Gasteiger charge is 2.22. The van der Waals surface area contributed by atoms with Crippen molar-refractivity contribution in [3.63, 3.8) is 0 Å². The molecule has 2 aliphatic rings. The van der Waals surface area contributed by atoms with Crippen molar-refractivity contribution in [2.45, 2.75) is 25.3 Å². The van der Waals surface area contributed by atoms with Crippen LogP contribution in [0, 0.1) is 0 Å². The number of ether oxygens (including phenoxy) is 1. The normalized spacial score (nSPS) is 21.4. The molecule has 106 valence electrons. The quantitative estimate of drug-likeness (QED) is 0.755. The van der Waals surface area contributed by atoms with Crippen molar-refractivity contribution in [2.24, 2.45) is 0 Å². The molecule has 3 N–H and O–H groups in total. The fourth-order valence-corrected chi connectivity index (χ4v) is 2.44. The average Bonchev–Trinajstić information content (AvgIpc) is 2.89. The molecule has 1 atom stereocenters. The molecule has 0 spiro atoms. The van der Waals surface area contributed by atoms with E-state index >= 15 is 0 Å². The zero-order valence-electron chi connectivity index (χ0n) is 11.1. The number of nitrogens with one attached hydrogen (secondary N) is 3. The largest absolute Gasteiger partial charge is 0.491 e. The Bertz CT molecular complexity index is 538. The fraction of sp³-hybridized carbons (Fsp3) is 0.429. The summed E-state index contributed by atoms with van der Waals surface area (Å²) in [5.41, 5.74) is 1.26. The van der Waals surface area contributed by atoms with Crippen LogP contribution in [0.5, 0.6) is 5.75 Å². The van der Waals surface area contributed by atoms with Gasteiger partial charge in [0, 0.05) is 5.69 Å². The van der Waals surface area contributed by atoms with Gasteiger partial charge in [0.2, 0.25) is 11.8 Å². The lowest BCUT2D eigenvalue weighted by Gasteiger charge is -2.13. The number of hydrogen-bond donors (Lipinski definition) is 3. The van der Waals surface area contributed by atoms with Crippen molar-refractivity contribution in [2.75, 3.05) is 23.8 Å². The molecule has 0 bridgehead atoms. The Kier molecular flexibility index (Phi) is 3.56. The van der Waals surface area contributed by atoms with Gasteiger partial charge in [-0.15, -0.1) is 0 Å². The second-order valence-corrected chi connectivity index (χ2v) is 5.00. The van der Waals surface area contributed by atoms with Crippen molar-refractivity contribution in [1.82, 2.24) is 5.32 Å². The first kappa shape index (κ1) is 12.9. The number of benzene rings is 1. The van der Waals surface area contributed by atoms with Gasteiger partial charge in [0.05, 0.1) is 24.8 Å². The fourth-order valence-electron chi connectivity index (χ4n) is 2.44. The highest BCUT2D eigenvalue weighted by atomic mass is 16.5. The van der Waals surface area contributed by atoms with Gasteiger partial charge < -0.3 is 20.7 Å². The van der Waals surface area contributed by atoms with Crippen LogP contribution in [0.25, 0.3) is 0 Å². The molecule has 0 aromatic heterocycles. The lowest BCUT2D eigenvalue weighted by atomic mass is 10.2. The number of hydrogen-bond acceptors (Lipinski definition) is 4. The van der Waals surface area contributed by atoms with E-state index in [1.807, 2.05) is 0 Å². The van der Waals surface area contributed by atoms with Gasteiger partial charge in [0.15, 0.2) is 0 Å². The topological polar surface area (TPSA) is 79.5 Å². The highest BCUT2D eigenvalue weighted by molar-refractivity contribution is 5.97. The molecule has 2 aliphatic heterocycles. The summed E-state index contributed by atoms with van der Waals surface area (Å²) in [7, 11) is 0. The Morgan fingerprint density at radius 1 is 1.40 bits per heavy atom. The van der Waals surface area contributed by atoms with E-state index in [0.29, 0.717) is 30.2 Å². The Morgan fingerprint density at radius 2 is 2.30 bits per heavy atom. The molecule has 0 radical (unpaired) electrons. The van der Waals surface area contributed by atoms with Crippen LogP contribution in [0.2, 0.25) is 0 Å². The Morgan fingerprint density at radius 3 is 3.10 bits per heavy atom. The zero-order chi connectivity index (χ0) is 13.9. The molecule has 1 unspecified atom stereocenters. The minimum absolute atomic E-state index is 0.0386. The SMILES string of the molecule is O=C1CCOc2ccc(NC(=O)C3CCCN3)cc2N1. The van der Waals surface area contributed by atoms with Crippen molar-refractivity contribution in [3.05, 3.63) is 18.2 Å². The van der Waals surface area contributed by atoms with Gasteiger partial charge in [0.1, 0.15) is 5.75 Å². The van der Waals surface area contributed by atoms with Gasteiger partial charge in [-0.2, -0.15) is 0 Å². The van der Waals surface area contributed by atoms with E-state index in [4.69, 9.17) is 4.74 Å². The van der Waals surface area contributed by atoms with E-state index in [0.717, 1.165) is 19.4 Å². The summed E-state index contributed by atoms with van der Waals surface area (Å²) < 4.78 is 5.47. The summed E-state index contributed by atoms with van der Waals surface area (Å²) in [6.45, 7) is 1.25. The summed E-state index contributed by atoms with van der Waals surface area (Å²) in [6, 6.07) is 5.15. The van der Waals surface area contributed by atoms with Gasteiger partial charge in [-0.25, -0.2) is 0 Å². The standard InChI is InChI=1S/C14H17N3O3/c18-13-5-7-20-12-4-3-9(8-11(12)17-13)16-14(19)10-2-1-6-15-10/h3-4,8,10,15H,1-2,5-7H2,(H,16,19)(H,17,18). The molecule has 2 heterocycles. The van der Waals surface area contributed by atoms with Crippen LogP contribution in [0.4, 0.5) is 11.4 Å². The van der Waals surface area contributed by atoms with Gasteiger partial charge in [-0.1, -0.05) is 0 Å². The number of anilines is 2. The maximum absolute atomic E-state index is 12.0. The van der Waals surface area contributed by atoms with Crippen LogP contribution in [0.1, 0.15) is 19.3 Å². The van der Waals surface area contributed by atoms with Crippen LogP contribution in [-0.4, -0.2) is 31.0 Å². The summed E-state index contributed by atoms with van der Waals surface area (Å²) in [6.07, 6.45) is 2.21. The molecule has 2 amide bonds. The maximum atomic E-state index is 12.0. The molecular formula is C14H17N3O3. The van der Waals surface area contributed by atoms with Crippen molar-refractivity contribution in [1.29, 1.82) is 0 Å². The van der Waals surface area contributed by atoms with Crippen LogP contribution in [0.3, 0.4) is 0 Å². The van der Waals surface area contributed by atoms with Gasteiger partial charge in [0.25, 0.3) is 0 Å². The maximum Gasteiger partial charge on any atom is 0.241 e. The summed E-state index contributed by atoms with van der Waals surface area (Å²) in [5.74, 6) is 0.515. The van der Waals surface area contributed by atoms with Crippen LogP contribution < -0.4 is 20.7 Å². The van der Waals surface area contributed by atoms with Gasteiger partial charge in [-0.05, 0) is 37.6 Å². The van der Waals surface area contributed by atoms with Gasteiger partial charge in [-0.3, -0.25) is 9.59 Å². The van der Waals surface area contributed by atoms with Crippen LogP contribution in [0.15, 0.2) is 18.2 Å². The van der Waals surface area contributed by atoms with Gasteiger partial charge >= 0.3 is 0 Å².